The van der Waals surface area contributed by atoms with Gasteiger partial charge >= 0.3 is 0 Å². The molecule has 3 aromatic rings. The number of halogens is 1. The largest absolute Gasteiger partial charge is 0.361 e. The molecule has 1 unspecified atom stereocenters. The van der Waals surface area contributed by atoms with Crippen molar-refractivity contribution in [3.8, 4) is 0 Å². The molecule has 0 radical (unpaired) electrons. The van der Waals surface area contributed by atoms with E-state index in [9.17, 15) is 4.39 Å². The van der Waals surface area contributed by atoms with Gasteiger partial charge in [0.2, 0.25) is 0 Å². The quantitative estimate of drug-likeness (QED) is 0.564. The van der Waals surface area contributed by atoms with Crippen molar-refractivity contribution in [3.05, 3.63) is 77.7 Å². The Kier molecular flexibility index (Phi) is 5.24. The molecule has 5 rings (SSSR count). The number of hydrogen-bond acceptors (Lipinski definition) is 1. The van der Waals surface area contributed by atoms with Crippen LogP contribution in [-0.4, -0.2) is 29.0 Å². The summed E-state index contributed by atoms with van der Waals surface area (Å²) in [6, 6.07) is 16.6. The first-order chi connectivity index (χ1) is 14.3. The third-order valence-corrected chi connectivity index (χ3v) is 6.91. The zero-order valence-electron chi connectivity index (χ0n) is 16.9. The number of nitrogens with zero attached hydrogens (tertiary/aromatic N) is 1. The normalized spacial score (nSPS) is 21.4. The molecule has 2 aromatic carbocycles. The fraction of sp³-hybridized carbons (Fsp3) is 0.385. The van der Waals surface area contributed by atoms with Crippen molar-refractivity contribution in [2.45, 2.75) is 44.6 Å². The molecular formula is C26H29FN2. The fourth-order valence-corrected chi connectivity index (χ4v) is 5.22. The van der Waals surface area contributed by atoms with E-state index in [1.165, 1.54) is 61.5 Å². The highest BCUT2D eigenvalue weighted by Crippen LogP contribution is 2.35. The maximum Gasteiger partial charge on any atom is 0.123 e. The summed E-state index contributed by atoms with van der Waals surface area (Å²) in [6.45, 7) is 2.45. The van der Waals surface area contributed by atoms with Gasteiger partial charge in [0, 0.05) is 28.7 Å². The summed E-state index contributed by atoms with van der Waals surface area (Å²) in [5.74, 6) is 0.662. The van der Waals surface area contributed by atoms with E-state index >= 15 is 0 Å². The smallest absolute Gasteiger partial charge is 0.123 e. The van der Waals surface area contributed by atoms with Crippen LogP contribution in [0.1, 0.15) is 43.2 Å². The van der Waals surface area contributed by atoms with Crippen molar-refractivity contribution in [1.82, 2.24) is 9.88 Å². The maximum atomic E-state index is 13.7. The van der Waals surface area contributed by atoms with Crippen LogP contribution >= 0.6 is 0 Å². The zero-order chi connectivity index (χ0) is 19.6. The number of aromatic amines is 1. The van der Waals surface area contributed by atoms with Gasteiger partial charge in [-0.25, -0.2) is 4.39 Å². The van der Waals surface area contributed by atoms with Gasteiger partial charge < -0.3 is 9.88 Å². The number of fused-ring (bicyclic) bond motifs is 1. The minimum absolute atomic E-state index is 0.161. The van der Waals surface area contributed by atoms with Crippen molar-refractivity contribution in [2.24, 2.45) is 5.92 Å². The van der Waals surface area contributed by atoms with Crippen LogP contribution in [0.25, 0.3) is 16.5 Å². The molecule has 1 aromatic heterocycles. The molecule has 3 heteroatoms. The second-order valence-corrected chi connectivity index (χ2v) is 8.72. The Balaban J connectivity index is 1.20. The molecule has 0 bridgehead atoms. The van der Waals surface area contributed by atoms with Gasteiger partial charge in [-0.3, -0.25) is 0 Å². The number of piperidine rings is 1. The summed E-state index contributed by atoms with van der Waals surface area (Å²) in [5, 5.41) is 1.01. The standard InChI is InChI=1S/C26H29FN2/c27-22-8-11-26-24(17-22)25(18-28-26)21-6-9-23(10-7-21)29-14-12-20(13-15-29)16-19-4-2-1-3-5-19/h1-6,8,11,17-18,20,23,28H,7,9-10,12-16H2. The summed E-state index contributed by atoms with van der Waals surface area (Å²) >= 11 is 0. The molecule has 0 amide bonds. The number of likely N-dealkylation sites (tertiary alicyclic amines) is 1. The van der Waals surface area contributed by atoms with Crippen LogP contribution in [0, 0.1) is 11.7 Å². The van der Waals surface area contributed by atoms with Crippen LogP contribution in [0.2, 0.25) is 0 Å². The summed E-state index contributed by atoms with van der Waals surface area (Å²) in [5.41, 5.74) is 5.05. The maximum absolute atomic E-state index is 13.7. The van der Waals surface area contributed by atoms with Crippen LogP contribution in [-0.2, 0) is 6.42 Å². The average Bonchev–Trinajstić information content (AvgIpc) is 3.18. The Bertz CT molecular complexity index is 996. The molecule has 1 fully saturated rings. The van der Waals surface area contributed by atoms with Gasteiger partial charge in [0.1, 0.15) is 5.82 Å². The van der Waals surface area contributed by atoms with Crippen LogP contribution in [0.15, 0.2) is 60.8 Å². The van der Waals surface area contributed by atoms with E-state index in [1.54, 1.807) is 6.07 Å². The fourth-order valence-electron chi connectivity index (χ4n) is 5.22. The lowest BCUT2D eigenvalue weighted by atomic mass is 9.86. The summed E-state index contributed by atoms with van der Waals surface area (Å²) in [4.78, 5) is 6.01. The first-order valence-electron chi connectivity index (χ1n) is 11.0. The topological polar surface area (TPSA) is 19.0 Å². The van der Waals surface area contributed by atoms with Crippen LogP contribution < -0.4 is 0 Å². The first kappa shape index (κ1) is 18.6. The van der Waals surface area contributed by atoms with E-state index in [2.05, 4.69) is 46.3 Å². The molecule has 2 heterocycles. The Morgan fingerprint density at radius 1 is 1.00 bits per heavy atom. The van der Waals surface area contributed by atoms with Gasteiger partial charge in [-0.15, -0.1) is 0 Å². The molecule has 2 aliphatic rings. The van der Waals surface area contributed by atoms with Crippen molar-refractivity contribution in [2.75, 3.05) is 13.1 Å². The predicted octanol–water partition coefficient (Wildman–Crippen LogP) is 6.20. The Labute approximate surface area is 172 Å². The number of rotatable bonds is 4. The van der Waals surface area contributed by atoms with E-state index in [-0.39, 0.29) is 5.82 Å². The number of H-pyrrole nitrogens is 1. The van der Waals surface area contributed by atoms with Gasteiger partial charge in [0.05, 0.1) is 0 Å². The van der Waals surface area contributed by atoms with Crippen molar-refractivity contribution < 1.29 is 4.39 Å². The highest BCUT2D eigenvalue weighted by Gasteiger charge is 2.27. The van der Waals surface area contributed by atoms with Gasteiger partial charge in [-0.2, -0.15) is 0 Å². The van der Waals surface area contributed by atoms with Crippen molar-refractivity contribution >= 4 is 16.5 Å². The van der Waals surface area contributed by atoms with Crippen LogP contribution in [0.3, 0.4) is 0 Å². The van der Waals surface area contributed by atoms with E-state index in [4.69, 9.17) is 0 Å². The molecule has 1 aliphatic heterocycles. The lowest BCUT2D eigenvalue weighted by Gasteiger charge is -2.39. The summed E-state index contributed by atoms with van der Waals surface area (Å²) in [6.07, 6.45) is 11.7. The molecule has 0 saturated carbocycles. The SMILES string of the molecule is Fc1ccc2[nH]cc(C3=CCC(N4CCC(Cc5ccccc5)CC4)CC3)c2c1. The summed E-state index contributed by atoms with van der Waals surface area (Å²) in [7, 11) is 0. The zero-order valence-corrected chi connectivity index (χ0v) is 16.9. The molecule has 150 valence electrons. The number of benzene rings is 2. The highest BCUT2D eigenvalue weighted by molar-refractivity contribution is 5.92. The molecular weight excluding hydrogens is 359 g/mol. The molecule has 2 nitrogen and oxygen atoms in total. The first-order valence-corrected chi connectivity index (χ1v) is 11.0. The highest BCUT2D eigenvalue weighted by atomic mass is 19.1. The molecule has 1 saturated heterocycles. The molecule has 0 spiro atoms. The lowest BCUT2D eigenvalue weighted by Crippen LogP contribution is -2.42. The molecule has 1 atom stereocenters. The van der Waals surface area contributed by atoms with E-state index in [1.807, 2.05) is 12.3 Å². The van der Waals surface area contributed by atoms with Gasteiger partial charge in [-0.1, -0.05) is 36.4 Å². The number of hydrogen-bond donors (Lipinski definition) is 1. The molecule has 29 heavy (non-hydrogen) atoms. The number of nitrogens with one attached hydrogen (secondary N) is 1. The van der Waals surface area contributed by atoms with Gasteiger partial charge in [0.25, 0.3) is 0 Å². The number of aromatic nitrogens is 1. The molecule has 1 N–H and O–H groups in total. The van der Waals surface area contributed by atoms with Crippen LogP contribution in [0.4, 0.5) is 4.39 Å². The lowest BCUT2D eigenvalue weighted by molar-refractivity contribution is 0.126. The summed E-state index contributed by atoms with van der Waals surface area (Å²) < 4.78 is 13.7. The third kappa shape index (κ3) is 4.02. The minimum Gasteiger partial charge on any atom is -0.361 e. The Hall–Kier alpha value is -2.39. The van der Waals surface area contributed by atoms with E-state index < -0.39 is 0 Å². The minimum atomic E-state index is -0.161. The Morgan fingerprint density at radius 3 is 2.59 bits per heavy atom. The third-order valence-electron chi connectivity index (χ3n) is 6.91. The Morgan fingerprint density at radius 2 is 1.83 bits per heavy atom. The molecule has 1 aliphatic carbocycles. The van der Waals surface area contributed by atoms with E-state index in [0.717, 1.165) is 29.7 Å². The number of allylic oxidation sites excluding steroid dienone is 1. The monoisotopic (exact) mass is 388 g/mol. The average molecular weight is 389 g/mol. The van der Waals surface area contributed by atoms with Gasteiger partial charge in [0.15, 0.2) is 0 Å². The second-order valence-electron chi connectivity index (χ2n) is 8.72. The van der Waals surface area contributed by atoms with Crippen molar-refractivity contribution in [1.29, 1.82) is 0 Å². The second kappa shape index (κ2) is 8.16. The van der Waals surface area contributed by atoms with Gasteiger partial charge in [-0.05, 0) is 86.9 Å². The van der Waals surface area contributed by atoms with Crippen LogP contribution in [0.5, 0.6) is 0 Å². The van der Waals surface area contributed by atoms with E-state index in [0.29, 0.717) is 6.04 Å². The van der Waals surface area contributed by atoms with Crippen molar-refractivity contribution in [3.63, 3.8) is 0 Å². The predicted molar refractivity (Wildman–Crippen MR) is 118 cm³/mol.